The molecular formula is C14H13F3N2O2. The van der Waals surface area contributed by atoms with Crippen LogP contribution >= 0.6 is 0 Å². The van der Waals surface area contributed by atoms with E-state index in [0.29, 0.717) is 10.5 Å². The van der Waals surface area contributed by atoms with Crippen molar-refractivity contribution in [2.45, 2.75) is 12.6 Å². The van der Waals surface area contributed by atoms with E-state index in [-0.39, 0.29) is 18.9 Å². The molecule has 0 saturated carbocycles. The first-order valence-corrected chi connectivity index (χ1v) is 6.64. The number of anilines is 1. The highest BCUT2D eigenvalue weighted by atomic mass is 19.4. The third-order valence-corrected chi connectivity index (χ3v) is 3.91. The highest BCUT2D eigenvalue weighted by Crippen LogP contribution is 2.31. The van der Waals surface area contributed by atoms with Gasteiger partial charge in [-0.1, -0.05) is 12.1 Å². The maximum atomic E-state index is 12.4. The van der Waals surface area contributed by atoms with Gasteiger partial charge in [-0.15, -0.1) is 0 Å². The number of amides is 1. The molecule has 1 aromatic carbocycles. The fourth-order valence-corrected chi connectivity index (χ4v) is 2.78. The summed E-state index contributed by atoms with van der Waals surface area (Å²) < 4.78 is 36.8. The lowest BCUT2D eigenvalue weighted by molar-refractivity contribution is -0.190. The lowest BCUT2D eigenvalue weighted by Gasteiger charge is -2.38. The summed E-state index contributed by atoms with van der Waals surface area (Å²) in [6.07, 6.45) is -4.14. The first-order chi connectivity index (χ1) is 9.88. The van der Waals surface area contributed by atoms with Crippen LogP contribution in [-0.4, -0.2) is 42.4 Å². The molecule has 2 aliphatic rings. The summed E-state index contributed by atoms with van der Waals surface area (Å²) in [7, 11) is 0. The third kappa shape index (κ3) is 2.36. The van der Waals surface area contributed by atoms with Crippen molar-refractivity contribution in [1.29, 1.82) is 0 Å². The molecule has 0 unspecified atom stereocenters. The van der Waals surface area contributed by atoms with Crippen molar-refractivity contribution in [3.05, 3.63) is 29.3 Å². The first kappa shape index (κ1) is 13.9. The number of fused-ring (bicyclic) bond motifs is 1. The summed E-state index contributed by atoms with van der Waals surface area (Å²) in [6.45, 7) is 0.436. The molecule has 2 heterocycles. The van der Waals surface area contributed by atoms with Gasteiger partial charge in [-0.3, -0.25) is 9.59 Å². The van der Waals surface area contributed by atoms with E-state index >= 15 is 0 Å². The standard InChI is InChI=1S/C14H13F3N2O2/c15-14(16,17)13(21)19-6-8(7-19)12(20)10-2-1-3-11-9(10)4-5-18-11/h1-3,8,18H,4-7H2. The van der Waals surface area contributed by atoms with Gasteiger partial charge in [0.05, 0.1) is 5.92 Å². The Hall–Kier alpha value is -2.05. The number of carbonyl (C=O) groups is 2. The fourth-order valence-electron chi connectivity index (χ4n) is 2.78. The predicted octanol–water partition coefficient (Wildman–Crippen LogP) is 1.86. The van der Waals surface area contributed by atoms with Crippen LogP contribution in [0.4, 0.5) is 18.9 Å². The topological polar surface area (TPSA) is 49.4 Å². The number of benzene rings is 1. The number of alkyl halides is 3. The van der Waals surface area contributed by atoms with Gasteiger partial charge in [0.1, 0.15) is 0 Å². The molecule has 112 valence electrons. The van der Waals surface area contributed by atoms with E-state index in [1.807, 2.05) is 6.07 Å². The number of Topliss-reactive ketones (excluding diaryl/α,β-unsaturated/α-hetero) is 1. The number of hydrogen-bond donors (Lipinski definition) is 1. The lowest BCUT2D eigenvalue weighted by Crippen LogP contribution is -2.56. The molecule has 1 saturated heterocycles. The van der Waals surface area contributed by atoms with Gasteiger partial charge in [-0.2, -0.15) is 13.2 Å². The first-order valence-electron chi connectivity index (χ1n) is 6.64. The predicted molar refractivity (Wildman–Crippen MR) is 69.1 cm³/mol. The quantitative estimate of drug-likeness (QED) is 0.848. The second-order valence-corrected chi connectivity index (χ2v) is 5.28. The van der Waals surface area contributed by atoms with Crippen molar-refractivity contribution >= 4 is 17.4 Å². The molecule has 3 rings (SSSR count). The molecule has 1 amide bonds. The van der Waals surface area contributed by atoms with Gasteiger partial charge in [-0.25, -0.2) is 0 Å². The Labute approximate surface area is 118 Å². The molecule has 0 spiro atoms. The van der Waals surface area contributed by atoms with E-state index in [9.17, 15) is 22.8 Å². The summed E-state index contributed by atoms with van der Waals surface area (Å²) in [4.78, 5) is 24.0. The van der Waals surface area contributed by atoms with Crippen molar-refractivity contribution in [2.75, 3.05) is 25.0 Å². The van der Waals surface area contributed by atoms with Crippen LogP contribution in [0.5, 0.6) is 0 Å². The van der Waals surface area contributed by atoms with Crippen molar-refractivity contribution < 1.29 is 22.8 Å². The van der Waals surface area contributed by atoms with Crippen LogP contribution in [0.1, 0.15) is 15.9 Å². The summed E-state index contributed by atoms with van der Waals surface area (Å²) in [5.74, 6) is -2.59. The SMILES string of the molecule is O=C(c1cccc2c1CCN2)C1CN(C(=O)C(F)(F)F)C1. The number of likely N-dealkylation sites (tertiary alicyclic amines) is 1. The molecule has 0 aromatic heterocycles. The summed E-state index contributed by atoms with van der Waals surface area (Å²) in [5.41, 5.74) is 2.38. The Kier molecular flexibility index (Phi) is 3.15. The zero-order valence-electron chi connectivity index (χ0n) is 11.0. The molecule has 21 heavy (non-hydrogen) atoms. The number of ketones is 1. The highest BCUT2D eigenvalue weighted by Gasteiger charge is 2.48. The number of hydrogen-bond acceptors (Lipinski definition) is 3. The molecular weight excluding hydrogens is 285 g/mol. The largest absolute Gasteiger partial charge is 0.471 e. The van der Waals surface area contributed by atoms with Crippen molar-refractivity contribution in [3.8, 4) is 0 Å². The second kappa shape index (κ2) is 4.75. The molecule has 0 aliphatic carbocycles. The van der Waals surface area contributed by atoms with Gasteiger partial charge in [0.2, 0.25) is 0 Å². The van der Waals surface area contributed by atoms with Gasteiger partial charge in [0, 0.05) is 30.9 Å². The Bertz CT molecular complexity index is 607. The minimum Gasteiger partial charge on any atom is -0.384 e. The number of nitrogens with zero attached hydrogens (tertiary/aromatic N) is 1. The molecule has 0 bridgehead atoms. The van der Waals surface area contributed by atoms with E-state index < -0.39 is 18.0 Å². The van der Waals surface area contributed by atoms with E-state index in [2.05, 4.69) is 5.32 Å². The van der Waals surface area contributed by atoms with Gasteiger partial charge in [0.15, 0.2) is 5.78 Å². The van der Waals surface area contributed by atoms with E-state index in [1.54, 1.807) is 12.1 Å². The summed E-state index contributed by atoms with van der Waals surface area (Å²) in [6, 6.07) is 5.32. The molecule has 0 radical (unpaired) electrons. The average molecular weight is 298 g/mol. The van der Waals surface area contributed by atoms with Crippen molar-refractivity contribution in [3.63, 3.8) is 0 Å². The minimum atomic E-state index is -4.87. The van der Waals surface area contributed by atoms with E-state index in [4.69, 9.17) is 0 Å². The fraction of sp³-hybridized carbons (Fsp3) is 0.429. The second-order valence-electron chi connectivity index (χ2n) is 5.28. The van der Waals surface area contributed by atoms with Crippen LogP contribution in [-0.2, 0) is 11.2 Å². The van der Waals surface area contributed by atoms with Crippen LogP contribution < -0.4 is 5.32 Å². The summed E-state index contributed by atoms with van der Waals surface area (Å²) >= 11 is 0. The molecule has 2 aliphatic heterocycles. The molecule has 1 fully saturated rings. The summed E-state index contributed by atoms with van der Waals surface area (Å²) in [5, 5.41) is 3.15. The van der Waals surface area contributed by atoms with Crippen LogP contribution in [0.3, 0.4) is 0 Å². The van der Waals surface area contributed by atoms with Gasteiger partial charge in [0.25, 0.3) is 0 Å². The number of nitrogens with one attached hydrogen (secondary N) is 1. The van der Waals surface area contributed by atoms with Crippen molar-refractivity contribution in [2.24, 2.45) is 5.92 Å². The molecule has 7 heteroatoms. The zero-order chi connectivity index (χ0) is 15.2. The van der Waals surface area contributed by atoms with Crippen LogP contribution in [0.2, 0.25) is 0 Å². The Balaban J connectivity index is 1.70. The minimum absolute atomic E-state index is 0.158. The molecule has 4 nitrogen and oxygen atoms in total. The monoisotopic (exact) mass is 298 g/mol. The Morgan fingerprint density at radius 1 is 1.24 bits per heavy atom. The zero-order valence-corrected chi connectivity index (χ0v) is 11.0. The maximum absolute atomic E-state index is 12.4. The normalized spacial score (nSPS) is 18.0. The average Bonchev–Trinajstić information content (AvgIpc) is 2.83. The van der Waals surface area contributed by atoms with Gasteiger partial charge >= 0.3 is 12.1 Å². The Morgan fingerprint density at radius 2 is 1.95 bits per heavy atom. The third-order valence-electron chi connectivity index (χ3n) is 3.91. The Morgan fingerprint density at radius 3 is 2.62 bits per heavy atom. The smallest absolute Gasteiger partial charge is 0.384 e. The van der Waals surface area contributed by atoms with Crippen LogP contribution in [0, 0.1) is 5.92 Å². The van der Waals surface area contributed by atoms with Crippen molar-refractivity contribution in [1.82, 2.24) is 4.90 Å². The molecule has 1 N–H and O–H groups in total. The van der Waals surface area contributed by atoms with Gasteiger partial charge in [-0.05, 0) is 18.1 Å². The number of halogens is 3. The van der Waals surface area contributed by atoms with E-state index in [0.717, 1.165) is 24.2 Å². The van der Waals surface area contributed by atoms with Gasteiger partial charge < -0.3 is 10.2 Å². The lowest BCUT2D eigenvalue weighted by atomic mass is 9.88. The van der Waals surface area contributed by atoms with Crippen LogP contribution in [0.15, 0.2) is 18.2 Å². The van der Waals surface area contributed by atoms with Crippen LogP contribution in [0.25, 0.3) is 0 Å². The number of carbonyl (C=O) groups excluding carboxylic acids is 2. The maximum Gasteiger partial charge on any atom is 0.471 e. The highest BCUT2D eigenvalue weighted by molar-refractivity contribution is 6.02. The number of rotatable bonds is 2. The van der Waals surface area contributed by atoms with E-state index in [1.165, 1.54) is 0 Å². The molecule has 0 atom stereocenters. The molecule has 1 aromatic rings.